The number of nitrogens with zero attached hydrogens (tertiary/aromatic N) is 1. The number of piperidine rings is 3. The third-order valence-corrected chi connectivity index (χ3v) is 6.42. The lowest BCUT2D eigenvalue weighted by Gasteiger charge is -2.51. The molecule has 0 spiro atoms. The Morgan fingerprint density at radius 3 is 1.79 bits per heavy atom. The van der Waals surface area contributed by atoms with Crippen LogP contribution >= 0.6 is 23.2 Å². The van der Waals surface area contributed by atoms with Crippen LogP contribution in [-0.4, -0.2) is 29.6 Å². The zero-order valence-electron chi connectivity index (χ0n) is 13.5. The highest BCUT2D eigenvalue weighted by molar-refractivity contribution is 6.32. The first-order chi connectivity index (χ1) is 11.6. The van der Waals surface area contributed by atoms with Crippen molar-refractivity contribution < 1.29 is 5.11 Å². The predicted molar refractivity (Wildman–Crippen MR) is 98.6 cm³/mol. The van der Waals surface area contributed by atoms with E-state index in [1.807, 2.05) is 48.5 Å². The number of fused-ring (bicyclic) bond motifs is 3. The van der Waals surface area contributed by atoms with Crippen LogP contribution in [0.25, 0.3) is 0 Å². The van der Waals surface area contributed by atoms with E-state index in [4.69, 9.17) is 23.2 Å². The van der Waals surface area contributed by atoms with Gasteiger partial charge in [-0.25, -0.2) is 0 Å². The lowest BCUT2D eigenvalue weighted by Crippen LogP contribution is -2.55. The van der Waals surface area contributed by atoms with Crippen LogP contribution in [0, 0.1) is 11.8 Å². The average Bonchev–Trinajstić information content (AvgIpc) is 2.63. The molecule has 2 bridgehead atoms. The summed E-state index contributed by atoms with van der Waals surface area (Å²) >= 11 is 13.0. The molecule has 1 atom stereocenters. The number of rotatable bonds is 3. The Hall–Kier alpha value is -1.06. The fourth-order valence-corrected chi connectivity index (χ4v) is 5.08. The molecule has 1 N–H and O–H groups in total. The van der Waals surface area contributed by atoms with Crippen LogP contribution in [0.5, 0.6) is 0 Å². The number of hydrogen-bond acceptors (Lipinski definition) is 2. The minimum Gasteiger partial charge on any atom is -0.380 e. The summed E-state index contributed by atoms with van der Waals surface area (Å²) in [6.07, 6.45) is 2.25. The molecule has 24 heavy (non-hydrogen) atoms. The van der Waals surface area contributed by atoms with E-state index in [2.05, 4.69) is 4.90 Å². The van der Waals surface area contributed by atoms with Crippen LogP contribution < -0.4 is 0 Å². The zero-order valence-corrected chi connectivity index (χ0v) is 15.0. The largest absolute Gasteiger partial charge is 0.380 e. The van der Waals surface area contributed by atoms with Gasteiger partial charge in [0, 0.05) is 33.6 Å². The van der Waals surface area contributed by atoms with Gasteiger partial charge in [-0.05, 0) is 44.0 Å². The number of hydrogen-bond donors (Lipinski definition) is 1. The second-order valence-corrected chi connectivity index (χ2v) is 7.79. The van der Waals surface area contributed by atoms with E-state index in [0.29, 0.717) is 16.0 Å². The first-order valence-corrected chi connectivity index (χ1v) is 9.31. The lowest BCUT2D eigenvalue weighted by atomic mass is 9.65. The Balaban J connectivity index is 1.90. The molecule has 3 fully saturated rings. The summed E-state index contributed by atoms with van der Waals surface area (Å²) in [5.41, 5.74) is 0.359. The van der Waals surface area contributed by atoms with Gasteiger partial charge in [-0.3, -0.25) is 0 Å². The van der Waals surface area contributed by atoms with Crippen LogP contribution in [0.3, 0.4) is 0 Å². The lowest BCUT2D eigenvalue weighted by molar-refractivity contribution is -0.0763. The molecule has 3 aliphatic heterocycles. The molecule has 0 amide bonds. The molecular formula is C20H21Cl2NO. The van der Waals surface area contributed by atoms with Crippen LogP contribution in [0.15, 0.2) is 48.5 Å². The van der Waals surface area contributed by atoms with E-state index >= 15 is 0 Å². The fourth-order valence-electron chi connectivity index (χ4n) is 4.52. The van der Waals surface area contributed by atoms with Gasteiger partial charge in [0.25, 0.3) is 0 Å². The first kappa shape index (κ1) is 16.4. The minimum absolute atomic E-state index is 0.0970. The van der Waals surface area contributed by atoms with E-state index in [1.54, 1.807) is 0 Å². The van der Waals surface area contributed by atoms with Crippen molar-refractivity contribution in [1.82, 2.24) is 4.90 Å². The molecule has 126 valence electrons. The molecule has 5 rings (SSSR count). The fraction of sp³-hybridized carbons (Fsp3) is 0.400. The van der Waals surface area contributed by atoms with Gasteiger partial charge in [0.2, 0.25) is 0 Å². The first-order valence-electron chi connectivity index (χ1n) is 8.55. The van der Waals surface area contributed by atoms with Gasteiger partial charge >= 0.3 is 0 Å². The monoisotopic (exact) mass is 361 g/mol. The molecule has 3 saturated heterocycles. The molecule has 2 aromatic rings. The van der Waals surface area contributed by atoms with Gasteiger partial charge in [0.15, 0.2) is 0 Å². The maximum Gasteiger partial charge on any atom is 0.122 e. The van der Waals surface area contributed by atoms with Gasteiger partial charge in [-0.15, -0.1) is 0 Å². The van der Waals surface area contributed by atoms with Crippen molar-refractivity contribution in [2.45, 2.75) is 18.4 Å². The second kappa shape index (κ2) is 6.34. The van der Waals surface area contributed by atoms with Gasteiger partial charge in [-0.2, -0.15) is 0 Å². The van der Waals surface area contributed by atoms with Crippen molar-refractivity contribution in [3.63, 3.8) is 0 Å². The van der Waals surface area contributed by atoms with Gasteiger partial charge in [-0.1, -0.05) is 59.6 Å². The normalized spacial score (nSPS) is 26.5. The smallest absolute Gasteiger partial charge is 0.122 e. The Labute approximate surface area is 153 Å². The van der Waals surface area contributed by atoms with Crippen molar-refractivity contribution in [2.24, 2.45) is 11.8 Å². The Morgan fingerprint density at radius 1 is 0.875 bits per heavy atom. The van der Waals surface area contributed by atoms with E-state index in [1.165, 1.54) is 0 Å². The van der Waals surface area contributed by atoms with Crippen molar-refractivity contribution in [1.29, 1.82) is 0 Å². The topological polar surface area (TPSA) is 23.5 Å². The highest BCUT2D eigenvalue weighted by Crippen LogP contribution is 2.49. The SMILES string of the molecule is OC(c1ccccc1Cl)(c1ccccc1Cl)[C@H]1CN2CCC1CC2. The van der Waals surface area contributed by atoms with Gasteiger partial charge < -0.3 is 10.0 Å². The molecule has 4 heteroatoms. The quantitative estimate of drug-likeness (QED) is 0.865. The Kier molecular flexibility index (Phi) is 4.34. The molecule has 0 saturated carbocycles. The van der Waals surface area contributed by atoms with E-state index in [9.17, 15) is 5.11 Å². The average molecular weight is 362 g/mol. The molecule has 0 unspecified atom stereocenters. The third kappa shape index (κ3) is 2.57. The maximum absolute atomic E-state index is 12.1. The van der Waals surface area contributed by atoms with Crippen LogP contribution in [0.1, 0.15) is 24.0 Å². The summed E-state index contributed by atoms with van der Waals surface area (Å²) < 4.78 is 0. The summed E-state index contributed by atoms with van der Waals surface area (Å²) in [5.74, 6) is 0.590. The number of benzene rings is 2. The minimum atomic E-state index is -1.17. The molecule has 3 aliphatic rings. The molecule has 2 nitrogen and oxygen atoms in total. The number of aliphatic hydroxyl groups is 1. The summed E-state index contributed by atoms with van der Waals surface area (Å²) in [5, 5.41) is 13.3. The van der Waals surface area contributed by atoms with E-state index in [-0.39, 0.29) is 5.92 Å². The zero-order chi connectivity index (χ0) is 16.7. The highest BCUT2D eigenvalue weighted by atomic mass is 35.5. The van der Waals surface area contributed by atoms with Crippen molar-refractivity contribution in [2.75, 3.05) is 19.6 Å². The molecule has 3 heterocycles. The molecule has 0 radical (unpaired) electrons. The van der Waals surface area contributed by atoms with Crippen molar-refractivity contribution >= 4 is 23.2 Å². The maximum atomic E-state index is 12.1. The van der Waals surface area contributed by atoms with Gasteiger partial charge in [0.05, 0.1) is 0 Å². The second-order valence-electron chi connectivity index (χ2n) is 6.97. The van der Waals surface area contributed by atoms with Gasteiger partial charge in [0.1, 0.15) is 5.60 Å². The summed E-state index contributed by atoms with van der Waals surface area (Å²) in [6, 6.07) is 15.2. The van der Waals surface area contributed by atoms with Crippen molar-refractivity contribution in [3.8, 4) is 0 Å². The summed E-state index contributed by atoms with van der Waals surface area (Å²) in [6.45, 7) is 3.14. The van der Waals surface area contributed by atoms with Crippen molar-refractivity contribution in [3.05, 3.63) is 69.7 Å². The molecule has 0 aromatic heterocycles. The summed E-state index contributed by atoms with van der Waals surface area (Å²) in [4.78, 5) is 2.45. The van der Waals surface area contributed by atoms with E-state index in [0.717, 1.165) is 43.6 Å². The summed E-state index contributed by atoms with van der Waals surface area (Å²) in [7, 11) is 0. The molecular weight excluding hydrogens is 341 g/mol. The molecule has 2 aromatic carbocycles. The van der Waals surface area contributed by atoms with E-state index < -0.39 is 5.60 Å². The van der Waals surface area contributed by atoms with Crippen LogP contribution in [0.4, 0.5) is 0 Å². The number of halogens is 2. The Morgan fingerprint density at radius 2 is 1.38 bits per heavy atom. The van der Waals surface area contributed by atoms with Crippen LogP contribution in [-0.2, 0) is 5.60 Å². The molecule has 0 aliphatic carbocycles. The predicted octanol–water partition coefficient (Wildman–Crippen LogP) is 4.57. The highest BCUT2D eigenvalue weighted by Gasteiger charge is 2.50. The third-order valence-electron chi connectivity index (χ3n) is 5.76. The Bertz CT molecular complexity index is 694. The van der Waals surface area contributed by atoms with Crippen LogP contribution in [0.2, 0.25) is 10.0 Å². The standard InChI is InChI=1S/C20H21Cl2NO/c21-18-7-3-1-5-15(18)20(24,16-6-2-4-8-19(16)22)17-13-23-11-9-14(17)10-12-23/h1-8,14,17,24H,9-13H2/t17-/m0/s1.